The second-order valence-corrected chi connectivity index (χ2v) is 5.17. The minimum atomic E-state index is -0.341. The summed E-state index contributed by atoms with van der Waals surface area (Å²) in [6.45, 7) is 8.00. The number of halogens is 2. The van der Waals surface area contributed by atoms with Crippen LogP contribution in [0.5, 0.6) is 5.75 Å². The van der Waals surface area contributed by atoms with Gasteiger partial charge in [-0.3, -0.25) is 0 Å². The lowest BCUT2D eigenvalue weighted by atomic mass is 10.1. The van der Waals surface area contributed by atoms with Gasteiger partial charge in [0.25, 0.3) is 0 Å². The topological polar surface area (TPSA) is 70.4 Å². The molecule has 2 aromatic heterocycles. The van der Waals surface area contributed by atoms with Crippen molar-refractivity contribution < 1.29 is 5.11 Å². The molecule has 2 N–H and O–H groups in total. The third-order valence-corrected chi connectivity index (χ3v) is 3.51. The second-order valence-electron chi connectivity index (χ2n) is 3.92. The first-order valence-corrected chi connectivity index (χ1v) is 8.48. The number of aromatic amines is 1. The zero-order valence-corrected chi connectivity index (χ0v) is 15.7. The van der Waals surface area contributed by atoms with Crippen molar-refractivity contribution in [2.24, 2.45) is 0 Å². The highest BCUT2D eigenvalue weighted by atomic mass is 79.9. The minimum Gasteiger partial charge on any atom is -0.507 e. The zero-order chi connectivity index (χ0) is 17.6. The molecular weight excluding hydrogens is 382 g/mol. The molecule has 0 saturated carbocycles. The molecule has 3 aromatic rings. The average Bonchev–Trinajstić information content (AvgIpc) is 2.93. The van der Waals surface area contributed by atoms with E-state index in [-0.39, 0.29) is 11.4 Å². The van der Waals surface area contributed by atoms with Crippen LogP contribution in [0.4, 0.5) is 0 Å². The van der Waals surface area contributed by atoms with E-state index in [4.69, 9.17) is 11.6 Å². The summed E-state index contributed by atoms with van der Waals surface area (Å²) in [4.78, 5) is 18.8. The molecule has 0 aliphatic rings. The first-order chi connectivity index (χ1) is 11.1. The predicted molar refractivity (Wildman–Crippen MR) is 98.3 cm³/mol. The summed E-state index contributed by atoms with van der Waals surface area (Å²) >= 11 is 9.02. The van der Waals surface area contributed by atoms with E-state index in [1.54, 1.807) is 18.2 Å². The molecule has 0 amide bonds. The maximum Gasteiger partial charge on any atom is 0.332 e. The van der Waals surface area contributed by atoms with Gasteiger partial charge in [0.2, 0.25) is 0 Å². The van der Waals surface area contributed by atoms with Crippen molar-refractivity contribution in [1.29, 1.82) is 0 Å². The highest BCUT2D eigenvalue weighted by Crippen LogP contribution is 2.30. The lowest BCUT2D eigenvalue weighted by Gasteiger charge is -2.05. The number of imidazole rings is 1. The minimum absolute atomic E-state index is 0.00174. The molecule has 23 heavy (non-hydrogen) atoms. The SMILES string of the molecule is CC.CC.O=c1[nH]c(-c2ccc(Cl)cc2O)cc2ncc(Br)n12. The number of rotatable bonds is 1. The van der Waals surface area contributed by atoms with E-state index in [9.17, 15) is 9.90 Å². The number of fused-ring (bicyclic) bond motifs is 1. The molecule has 0 radical (unpaired) electrons. The van der Waals surface area contributed by atoms with E-state index < -0.39 is 0 Å². The Morgan fingerprint density at radius 3 is 2.48 bits per heavy atom. The second kappa shape index (κ2) is 8.74. The van der Waals surface area contributed by atoms with Crippen LogP contribution in [-0.4, -0.2) is 19.5 Å². The molecule has 0 unspecified atom stereocenters. The molecule has 0 saturated heterocycles. The van der Waals surface area contributed by atoms with Crippen LogP contribution in [0, 0.1) is 0 Å². The molecule has 0 fully saturated rings. The third kappa shape index (κ3) is 4.14. The van der Waals surface area contributed by atoms with E-state index in [1.165, 1.54) is 16.7 Å². The van der Waals surface area contributed by atoms with Crippen LogP contribution in [0.15, 0.2) is 39.9 Å². The number of phenols is 1. The van der Waals surface area contributed by atoms with E-state index >= 15 is 0 Å². The molecule has 2 heterocycles. The Morgan fingerprint density at radius 1 is 1.22 bits per heavy atom. The Labute approximate surface area is 148 Å². The summed E-state index contributed by atoms with van der Waals surface area (Å²) in [6, 6.07) is 6.37. The Bertz CT molecular complexity index is 843. The highest BCUT2D eigenvalue weighted by molar-refractivity contribution is 9.10. The summed E-state index contributed by atoms with van der Waals surface area (Å²) in [6.07, 6.45) is 1.54. The molecule has 0 bridgehead atoms. The van der Waals surface area contributed by atoms with E-state index in [0.29, 0.717) is 26.5 Å². The molecule has 0 aliphatic carbocycles. The van der Waals surface area contributed by atoms with Gasteiger partial charge in [-0.15, -0.1) is 0 Å². The normalized spacial score (nSPS) is 9.65. The van der Waals surface area contributed by atoms with Crippen molar-refractivity contribution >= 4 is 33.2 Å². The van der Waals surface area contributed by atoms with Crippen LogP contribution in [0.2, 0.25) is 5.02 Å². The van der Waals surface area contributed by atoms with Crippen LogP contribution < -0.4 is 5.69 Å². The maximum atomic E-state index is 12.0. The first-order valence-electron chi connectivity index (χ1n) is 7.31. The van der Waals surface area contributed by atoms with Crippen molar-refractivity contribution in [2.45, 2.75) is 27.7 Å². The van der Waals surface area contributed by atoms with E-state index in [1.807, 2.05) is 27.7 Å². The molecule has 1 aromatic carbocycles. The van der Waals surface area contributed by atoms with Gasteiger partial charge in [0, 0.05) is 16.7 Å². The molecule has 0 aliphatic heterocycles. The summed E-state index contributed by atoms with van der Waals surface area (Å²) in [7, 11) is 0. The Morgan fingerprint density at radius 2 is 1.87 bits per heavy atom. The van der Waals surface area contributed by atoms with Crippen LogP contribution >= 0.6 is 27.5 Å². The van der Waals surface area contributed by atoms with Crippen LogP contribution in [0.3, 0.4) is 0 Å². The summed E-state index contributed by atoms with van der Waals surface area (Å²) in [5, 5.41) is 10.3. The van der Waals surface area contributed by atoms with Crippen molar-refractivity contribution in [1.82, 2.24) is 14.4 Å². The number of phenolic OH excluding ortho intramolecular Hbond substituents is 1. The van der Waals surface area contributed by atoms with Gasteiger partial charge in [0.15, 0.2) is 0 Å². The number of hydrogen-bond acceptors (Lipinski definition) is 3. The van der Waals surface area contributed by atoms with Gasteiger partial charge in [-0.2, -0.15) is 0 Å². The largest absolute Gasteiger partial charge is 0.507 e. The van der Waals surface area contributed by atoms with Gasteiger partial charge < -0.3 is 10.1 Å². The predicted octanol–water partition coefficient (Wildman–Crippen LogP) is 4.86. The lowest BCUT2D eigenvalue weighted by molar-refractivity contribution is 0.477. The number of benzene rings is 1. The van der Waals surface area contributed by atoms with Crippen molar-refractivity contribution in [2.75, 3.05) is 0 Å². The monoisotopic (exact) mass is 399 g/mol. The molecule has 3 rings (SSSR count). The van der Waals surface area contributed by atoms with Crippen molar-refractivity contribution in [3.63, 3.8) is 0 Å². The smallest absolute Gasteiger partial charge is 0.332 e. The lowest BCUT2D eigenvalue weighted by Crippen LogP contribution is -2.16. The Kier molecular flexibility index (Phi) is 7.32. The number of H-pyrrole nitrogens is 1. The summed E-state index contributed by atoms with van der Waals surface area (Å²) in [5.41, 5.74) is 1.11. The van der Waals surface area contributed by atoms with E-state index in [2.05, 4.69) is 25.9 Å². The average molecular weight is 401 g/mol. The van der Waals surface area contributed by atoms with Crippen molar-refractivity contribution in [3.8, 4) is 17.0 Å². The fourth-order valence-corrected chi connectivity index (χ4v) is 2.47. The standard InChI is InChI=1S/C12H7BrClN3O2.2C2H6/c13-10-5-15-11-4-8(16-12(19)17(10)11)7-2-1-6(14)3-9(7)18;2*1-2/h1-5,18H,(H,16,19);2*1-2H3. The number of aromatic nitrogens is 3. The molecule has 0 spiro atoms. The number of nitrogens with one attached hydrogen (secondary N) is 1. The Hall–Kier alpha value is -1.79. The van der Waals surface area contributed by atoms with Crippen LogP contribution in [-0.2, 0) is 0 Å². The van der Waals surface area contributed by atoms with Crippen molar-refractivity contribution in [3.05, 3.63) is 50.6 Å². The van der Waals surface area contributed by atoms with Crippen LogP contribution in [0.1, 0.15) is 27.7 Å². The fraction of sp³-hybridized carbons (Fsp3) is 0.250. The molecular formula is C16H19BrClN3O2. The molecule has 0 atom stereocenters. The maximum absolute atomic E-state index is 12.0. The van der Waals surface area contributed by atoms with Gasteiger partial charge >= 0.3 is 5.69 Å². The van der Waals surface area contributed by atoms with E-state index in [0.717, 1.165) is 0 Å². The molecule has 124 valence electrons. The molecule has 5 nitrogen and oxygen atoms in total. The Balaban J connectivity index is 0.000000615. The fourth-order valence-electron chi connectivity index (χ4n) is 1.86. The van der Waals surface area contributed by atoms with Gasteiger partial charge in [-0.25, -0.2) is 14.2 Å². The van der Waals surface area contributed by atoms with Gasteiger partial charge in [0.1, 0.15) is 16.0 Å². The van der Waals surface area contributed by atoms with Gasteiger partial charge in [-0.1, -0.05) is 39.3 Å². The summed E-state index contributed by atoms with van der Waals surface area (Å²) < 4.78 is 1.95. The molecule has 7 heteroatoms. The van der Waals surface area contributed by atoms with Crippen LogP contribution in [0.25, 0.3) is 16.9 Å². The first kappa shape index (κ1) is 19.3. The number of nitrogens with zero attached hydrogens (tertiary/aromatic N) is 2. The summed E-state index contributed by atoms with van der Waals surface area (Å²) in [5.74, 6) is -0.00174. The van der Waals surface area contributed by atoms with Gasteiger partial charge in [0.05, 0.1) is 11.9 Å². The zero-order valence-electron chi connectivity index (χ0n) is 13.4. The highest BCUT2D eigenvalue weighted by Gasteiger charge is 2.10. The van der Waals surface area contributed by atoms with Gasteiger partial charge in [-0.05, 0) is 34.1 Å². The third-order valence-electron chi connectivity index (χ3n) is 2.71. The number of hydrogen-bond donors (Lipinski definition) is 2. The number of aromatic hydroxyl groups is 1. The quantitative estimate of drug-likeness (QED) is 0.612.